The van der Waals surface area contributed by atoms with Crippen LogP contribution in [0.2, 0.25) is 0 Å². The van der Waals surface area contributed by atoms with E-state index in [0.717, 1.165) is 5.56 Å². The summed E-state index contributed by atoms with van der Waals surface area (Å²) in [5.41, 5.74) is 10.0. The van der Waals surface area contributed by atoms with Gasteiger partial charge in [-0.15, -0.1) is 0 Å². The molecule has 0 fully saturated rings. The zero-order valence-corrected chi connectivity index (χ0v) is 11.8. The second kappa shape index (κ2) is 13.8. The first-order chi connectivity index (χ1) is 10.4. The molecule has 23 heavy (non-hydrogen) atoms. The number of rotatable bonds is 6. The normalized spacial score (nSPS) is 10.1. The van der Waals surface area contributed by atoms with Crippen molar-refractivity contribution in [2.24, 2.45) is 11.5 Å². The number of ether oxygens (including phenoxy) is 1. The van der Waals surface area contributed by atoms with Gasteiger partial charge in [-0.1, -0.05) is 30.3 Å². The van der Waals surface area contributed by atoms with E-state index in [2.05, 4.69) is 15.8 Å². The van der Waals surface area contributed by atoms with Crippen molar-refractivity contribution in [1.82, 2.24) is 5.32 Å². The Bertz CT molecular complexity index is 482. The van der Waals surface area contributed by atoms with E-state index < -0.39 is 24.2 Å². The van der Waals surface area contributed by atoms with Crippen molar-refractivity contribution in [2.45, 2.75) is 12.5 Å². The van der Waals surface area contributed by atoms with Gasteiger partial charge in [0.25, 0.3) is 0 Å². The molecule has 0 heterocycles. The molecule has 0 saturated heterocycles. The molecule has 1 rings (SSSR count). The summed E-state index contributed by atoms with van der Waals surface area (Å²) in [4.78, 5) is 31.1. The molecule has 0 aromatic heterocycles. The Morgan fingerprint density at radius 1 is 1.17 bits per heavy atom. The zero-order chi connectivity index (χ0) is 17.0. The van der Waals surface area contributed by atoms with Crippen LogP contribution >= 0.6 is 0 Å². The van der Waals surface area contributed by atoms with Crippen LogP contribution in [-0.4, -0.2) is 77.1 Å². The molecule has 0 saturated carbocycles. The SMILES string of the molecule is NC(=O)O.NCCOC(=O)NC(Cc1ccccc1)C(=O)O.[NaH]. The number of primary amides is 1. The molecule has 0 aliphatic rings. The van der Waals surface area contributed by atoms with Gasteiger partial charge in [0.2, 0.25) is 0 Å². The molecule has 7 N–H and O–H groups in total. The number of carboxylic acid groups (broad SMARTS) is 2. The van der Waals surface area contributed by atoms with Crippen LogP contribution in [0.5, 0.6) is 0 Å². The van der Waals surface area contributed by atoms with Gasteiger partial charge in [-0.3, -0.25) is 0 Å². The van der Waals surface area contributed by atoms with Gasteiger partial charge in [0.1, 0.15) is 12.6 Å². The molecular weight excluding hydrogens is 317 g/mol. The van der Waals surface area contributed by atoms with Crippen LogP contribution in [0.1, 0.15) is 5.56 Å². The summed E-state index contributed by atoms with van der Waals surface area (Å²) >= 11 is 0. The van der Waals surface area contributed by atoms with Gasteiger partial charge in [-0.25, -0.2) is 14.4 Å². The number of carbonyl (C=O) groups excluding carboxylic acids is 1. The molecule has 124 valence electrons. The van der Waals surface area contributed by atoms with Crippen molar-refractivity contribution in [1.29, 1.82) is 0 Å². The molecule has 1 aromatic carbocycles. The Morgan fingerprint density at radius 2 is 1.70 bits per heavy atom. The molecule has 9 nitrogen and oxygen atoms in total. The van der Waals surface area contributed by atoms with Crippen molar-refractivity contribution in [2.75, 3.05) is 13.2 Å². The average molecular weight is 337 g/mol. The predicted octanol–water partition coefficient (Wildman–Crippen LogP) is -0.658. The van der Waals surface area contributed by atoms with Crippen LogP contribution in [0.3, 0.4) is 0 Å². The maximum atomic E-state index is 11.3. The summed E-state index contributed by atoms with van der Waals surface area (Å²) in [7, 11) is 0. The molecular formula is C13H20N3NaO6. The predicted molar refractivity (Wildman–Crippen MR) is 84.5 cm³/mol. The number of carbonyl (C=O) groups is 3. The number of nitrogens with one attached hydrogen (secondary N) is 1. The maximum absolute atomic E-state index is 11.3. The fourth-order valence-corrected chi connectivity index (χ4v) is 1.39. The second-order valence-corrected chi connectivity index (χ2v) is 3.99. The molecule has 0 spiro atoms. The summed E-state index contributed by atoms with van der Waals surface area (Å²) in [5, 5.41) is 18.5. The second-order valence-electron chi connectivity index (χ2n) is 3.99. The van der Waals surface area contributed by atoms with E-state index >= 15 is 0 Å². The van der Waals surface area contributed by atoms with Crippen LogP contribution in [0.25, 0.3) is 0 Å². The van der Waals surface area contributed by atoms with Crippen molar-refractivity contribution in [3.8, 4) is 0 Å². The van der Waals surface area contributed by atoms with Crippen molar-refractivity contribution < 1.29 is 29.3 Å². The minimum atomic E-state index is -1.33. The summed E-state index contributed by atoms with van der Waals surface area (Å²) in [6.45, 7) is 0.257. The van der Waals surface area contributed by atoms with Crippen LogP contribution in [0.4, 0.5) is 9.59 Å². The monoisotopic (exact) mass is 337 g/mol. The average Bonchev–Trinajstić information content (AvgIpc) is 2.45. The van der Waals surface area contributed by atoms with E-state index in [9.17, 15) is 9.59 Å². The summed E-state index contributed by atoms with van der Waals surface area (Å²) in [5.74, 6) is -1.11. The van der Waals surface area contributed by atoms with E-state index in [1.54, 1.807) is 24.3 Å². The number of alkyl carbamates (subject to hydrolysis) is 1. The molecule has 2 amide bonds. The third-order valence-electron chi connectivity index (χ3n) is 2.22. The van der Waals surface area contributed by atoms with E-state index in [-0.39, 0.29) is 49.1 Å². The van der Waals surface area contributed by atoms with Crippen LogP contribution in [0.15, 0.2) is 30.3 Å². The molecule has 1 unspecified atom stereocenters. The van der Waals surface area contributed by atoms with E-state index in [1.165, 1.54) is 0 Å². The van der Waals surface area contributed by atoms with Gasteiger partial charge < -0.3 is 31.7 Å². The summed E-state index contributed by atoms with van der Waals surface area (Å²) in [6.07, 6.45) is -1.91. The van der Waals surface area contributed by atoms with Crippen LogP contribution in [-0.2, 0) is 16.0 Å². The van der Waals surface area contributed by atoms with Crippen LogP contribution < -0.4 is 16.8 Å². The zero-order valence-electron chi connectivity index (χ0n) is 11.8. The van der Waals surface area contributed by atoms with Gasteiger partial charge in [-0.05, 0) is 5.56 Å². The molecule has 0 radical (unpaired) electrons. The Labute approximate surface area is 155 Å². The van der Waals surface area contributed by atoms with Gasteiger partial charge in [0.05, 0.1) is 0 Å². The van der Waals surface area contributed by atoms with E-state index in [4.69, 9.17) is 20.7 Å². The molecule has 0 aliphatic heterocycles. The fraction of sp³-hybridized carbons (Fsp3) is 0.308. The number of hydrogen-bond donors (Lipinski definition) is 5. The number of amides is 2. The standard InChI is InChI=1S/C12H16N2O4.CH3NO2.Na.H/c13-6-7-18-12(17)14-10(11(15)16)8-9-4-2-1-3-5-9;2-1(3)4;;/h1-5,10H,6-8,13H2,(H,14,17)(H,15,16);2H2,(H,3,4);;. The number of aliphatic carboxylic acids is 1. The first-order valence-corrected chi connectivity index (χ1v) is 6.25. The first kappa shape index (κ1) is 23.5. The molecule has 1 aromatic rings. The number of benzene rings is 1. The van der Waals surface area contributed by atoms with E-state index in [0.29, 0.717) is 0 Å². The number of carboxylic acids is 1. The van der Waals surface area contributed by atoms with Gasteiger partial charge in [0, 0.05) is 13.0 Å². The summed E-state index contributed by atoms with van der Waals surface area (Å²) < 4.78 is 4.67. The Kier molecular flexibility index (Phi) is 14.1. The third kappa shape index (κ3) is 13.6. The van der Waals surface area contributed by atoms with E-state index in [1.807, 2.05) is 6.07 Å². The fourth-order valence-electron chi connectivity index (χ4n) is 1.39. The molecule has 0 bridgehead atoms. The van der Waals surface area contributed by atoms with Gasteiger partial charge in [0.15, 0.2) is 0 Å². The Hall–Kier alpha value is -1.81. The first-order valence-electron chi connectivity index (χ1n) is 6.25. The third-order valence-corrected chi connectivity index (χ3v) is 2.22. The molecule has 10 heteroatoms. The quantitative estimate of drug-likeness (QED) is 0.430. The van der Waals surface area contributed by atoms with Crippen molar-refractivity contribution in [3.05, 3.63) is 35.9 Å². The molecule has 0 aliphatic carbocycles. The van der Waals surface area contributed by atoms with Crippen molar-refractivity contribution >= 4 is 47.7 Å². The Balaban J connectivity index is 0. The van der Waals surface area contributed by atoms with Crippen molar-refractivity contribution in [3.63, 3.8) is 0 Å². The van der Waals surface area contributed by atoms with Gasteiger partial charge in [-0.2, -0.15) is 0 Å². The number of hydrogen-bond acceptors (Lipinski definition) is 5. The van der Waals surface area contributed by atoms with Gasteiger partial charge >= 0.3 is 47.7 Å². The Morgan fingerprint density at radius 3 is 2.13 bits per heavy atom. The minimum absolute atomic E-state index is 0. The molecule has 1 atom stereocenters. The van der Waals surface area contributed by atoms with Crippen LogP contribution in [0, 0.1) is 0 Å². The topological polar surface area (TPSA) is 165 Å². The number of nitrogens with two attached hydrogens (primary N) is 2. The summed E-state index contributed by atoms with van der Waals surface area (Å²) in [6, 6.07) is 8.02.